The summed E-state index contributed by atoms with van der Waals surface area (Å²) in [5.74, 6) is 1.24. The largest absolute Gasteiger partial charge is 0.381 e. The molecule has 0 radical (unpaired) electrons. The monoisotopic (exact) mass is 213 g/mol. The van der Waals surface area contributed by atoms with Crippen molar-refractivity contribution < 1.29 is 0 Å². The molecule has 0 spiro atoms. The molecule has 1 aliphatic carbocycles. The number of nitrogen functional groups attached to an aromatic ring is 1. The van der Waals surface area contributed by atoms with E-state index >= 15 is 0 Å². The van der Waals surface area contributed by atoms with Gasteiger partial charge in [-0.1, -0.05) is 31.4 Å². The highest BCUT2D eigenvalue weighted by atomic mass is 35.5. The van der Waals surface area contributed by atoms with E-state index in [-0.39, 0.29) is 0 Å². The van der Waals surface area contributed by atoms with Gasteiger partial charge in [0.15, 0.2) is 5.82 Å². The Hall–Kier alpha value is -0.700. The van der Waals surface area contributed by atoms with Crippen LogP contribution in [0.3, 0.4) is 0 Å². The lowest BCUT2D eigenvalue weighted by Crippen LogP contribution is -2.18. The molecule has 78 valence electrons. The van der Waals surface area contributed by atoms with Crippen molar-refractivity contribution in [1.82, 2.24) is 9.78 Å². The van der Waals surface area contributed by atoms with Gasteiger partial charge in [0.25, 0.3) is 0 Å². The highest BCUT2D eigenvalue weighted by molar-refractivity contribution is 6.32. The molecule has 1 saturated carbocycles. The summed E-state index contributed by atoms with van der Waals surface area (Å²) >= 11 is 5.88. The molecule has 1 heterocycles. The first-order valence-corrected chi connectivity index (χ1v) is 5.54. The zero-order valence-electron chi connectivity index (χ0n) is 8.41. The normalized spacial score (nSPS) is 27.9. The molecule has 2 unspecified atom stereocenters. The third-order valence-corrected chi connectivity index (χ3v) is 3.29. The number of halogens is 1. The van der Waals surface area contributed by atoms with Crippen LogP contribution in [0.5, 0.6) is 0 Å². The molecule has 4 heteroatoms. The van der Waals surface area contributed by atoms with Crippen LogP contribution in [0.4, 0.5) is 5.82 Å². The van der Waals surface area contributed by atoms with E-state index in [0.717, 1.165) is 5.92 Å². The Morgan fingerprint density at radius 3 is 2.93 bits per heavy atom. The fourth-order valence-electron chi connectivity index (χ4n) is 2.21. The van der Waals surface area contributed by atoms with Gasteiger partial charge >= 0.3 is 0 Å². The Morgan fingerprint density at radius 2 is 2.36 bits per heavy atom. The zero-order chi connectivity index (χ0) is 10.1. The third-order valence-electron chi connectivity index (χ3n) is 3.00. The maximum Gasteiger partial charge on any atom is 0.164 e. The standard InChI is InChI=1S/C10H16ClN3/c1-7-3-2-4-8(5-7)14-6-9(11)10(12)13-14/h6-8H,2-5H2,1H3,(H2,12,13). The van der Waals surface area contributed by atoms with Crippen molar-refractivity contribution in [3.05, 3.63) is 11.2 Å². The van der Waals surface area contributed by atoms with Crippen LogP contribution in [0.15, 0.2) is 6.20 Å². The van der Waals surface area contributed by atoms with E-state index in [1.54, 1.807) is 0 Å². The van der Waals surface area contributed by atoms with Crippen LogP contribution in [0.2, 0.25) is 5.02 Å². The smallest absolute Gasteiger partial charge is 0.164 e. The van der Waals surface area contributed by atoms with Crippen molar-refractivity contribution in [2.45, 2.75) is 38.6 Å². The maximum atomic E-state index is 5.88. The fourth-order valence-corrected chi connectivity index (χ4v) is 2.35. The number of hydrogen-bond acceptors (Lipinski definition) is 2. The van der Waals surface area contributed by atoms with E-state index in [1.807, 2.05) is 10.9 Å². The van der Waals surface area contributed by atoms with Gasteiger partial charge in [0, 0.05) is 6.20 Å². The predicted molar refractivity (Wildman–Crippen MR) is 58.3 cm³/mol. The number of rotatable bonds is 1. The van der Waals surface area contributed by atoms with Crippen LogP contribution in [0.1, 0.15) is 38.6 Å². The topological polar surface area (TPSA) is 43.8 Å². The van der Waals surface area contributed by atoms with Crippen molar-refractivity contribution in [2.75, 3.05) is 5.73 Å². The first kappa shape index (κ1) is 9.84. The fraction of sp³-hybridized carbons (Fsp3) is 0.700. The van der Waals surface area contributed by atoms with Crippen molar-refractivity contribution in [3.63, 3.8) is 0 Å². The number of aromatic nitrogens is 2. The molecule has 2 atom stereocenters. The lowest BCUT2D eigenvalue weighted by atomic mass is 9.87. The Morgan fingerprint density at radius 1 is 1.57 bits per heavy atom. The van der Waals surface area contributed by atoms with E-state index in [4.69, 9.17) is 17.3 Å². The first-order chi connectivity index (χ1) is 6.66. The van der Waals surface area contributed by atoms with E-state index in [1.165, 1.54) is 25.7 Å². The Balaban J connectivity index is 2.14. The molecule has 14 heavy (non-hydrogen) atoms. The van der Waals surface area contributed by atoms with Crippen LogP contribution in [-0.2, 0) is 0 Å². The second-order valence-corrected chi connectivity index (χ2v) is 4.68. The molecule has 2 N–H and O–H groups in total. The number of nitrogens with zero attached hydrogens (tertiary/aromatic N) is 2. The van der Waals surface area contributed by atoms with Gasteiger partial charge in [0.2, 0.25) is 0 Å². The number of anilines is 1. The summed E-state index contributed by atoms with van der Waals surface area (Å²) in [5, 5.41) is 4.80. The summed E-state index contributed by atoms with van der Waals surface area (Å²) in [7, 11) is 0. The highest BCUT2D eigenvalue weighted by Crippen LogP contribution is 2.33. The summed E-state index contributed by atoms with van der Waals surface area (Å²) < 4.78 is 1.94. The van der Waals surface area contributed by atoms with Gasteiger partial charge < -0.3 is 5.73 Å². The van der Waals surface area contributed by atoms with Crippen LogP contribution >= 0.6 is 11.6 Å². The minimum absolute atomic E-state index is 0.449. The first-order valence-electron chi connectivity index (χ1n) is 5.17. The third kappa shape index (κ3) is 1.87. The Bertz CT molecular complexity index is 302. The highest BCUT2D eigenvalue weighted by Gasteiger charge is 2.21. The molecule has 0 amide bonds. The van der Waals surface area contributed by atoms with Crippen molar-refractivity contribution >= 4 is 17.4 Å². The molecule has 1 aromatic rings. The quantitative estimate of drug-likeness (QED) is 0.780. The minimum atomic E-state index is 0.449. The lowest BCUT2D eigenvalue weighted by Gasteiger charge is -2.26. The predicted octanol–water partition coefficient (Wildman–Crippen LogP) is 2.87. The van der Waals surface area contributed by atoms with Crippen LogP contribution in [0, 0.1) is 5.92 Å². The van der Waals surface area contributed by atoms with E-state index in [9.17, 15) is 0 Å². The molecule has 0 aromatic carbocycles. The summed E-state index contributed by atoms with van der Waals surface area (Å²) in [6, 6.07) is 0.494. The molecule has 1 aromatic heterocycles. The number of nitrogens with two attached hydrogens (primary N) is 1. The molecule has 0 saturated heterocycles. The minimum Gasteiger partial charge on any atom is -0.381 e. The second kappa shape index (κ2) is 3.81. The van der Waals surface area contributed by atoms with Gasteiger partial charge in [0.1, 0.15) is 5.02 Å². The van der Waals surface area contributed by atoms with Gasteiger partial charge in [-0.2, -0.15) is 5.10 Å². The molecule has 0 bridgehead atoms. The van der Waals surface area contributed by atoms with Gasteiger partial charge in [0.05, 0.1) is 6.04 Å². The van der Waals surface area contributed by atoms with Gasteiger partial charge in [-0.05, 0) is 18.8 Å². The number of hydrogen-bond donors (Lipinski definition) is 1. The summed E-state index contributed by atoms with van der Waals surface area (Å²) in [5.41, 5.74) is 5.62. The molecule has 1 aliphatic rings. The van der Waals surface area contributed by atoms with Crippen LogP contribution in [0.25, 0.3) is 0 Å². The van der Waals surface area contributed by atoms with E-state index in [0.29, 0.717) is 16.9 Å². The van der Waals surface area contributed by atoms with Gasteiger partial charge in [-0.3, -0.25) is 4.68 Å². The molecule has 1 fully saturated rings. The van der Waals surface area contributed by atoms with Crippen molar-refractivity contribution in [3.8, 4) is 0 Å². The SMILES string of the molecule is CC1CCCC(n2cc(Cl)c(N)n2)C1. The molecular formula is C10H16ClN3. The molecule has 0 aliphatic heterocycles. The average molecular weight is 214 g/mol. The summed E-state index contributed by atoms with van der Waals surface area (Å²) in [6.45, 7) is 2.29. The van der Waals surface area contributed by atoms with Gasteiger partial charge in [-0.25, -0.2) is 0 Å². The van der Waals surface area contributed by atoms with Crippen LogP contribution in [-0.4, -0.2) is 9.78 Å². The summed E-state index contributed by atoms with van der Waals surface area (Å²) in [4.78, 5) is 0. The van der Waals surface area contributed by atoms with E-state index < -0.39 is 0 Å². The van der Waals surface area contributed by atoms with Crippen LogP contribution < -0.4 is 5.73 Å². The molecular weight excluding hydrogens is 198 g/mol. The summed E-state index contributed by atoms with van der Waals surface area (Å²) in [6.07, 6.45) is 6.85. The van der Waals surface area contributed by atoms with Crippen molar-refractivity contribution in [1.29, 1.82) is 0 Å². The van der Waals surface area contributed by atoms with E-state index in [2.05, 4.69) is 12.0 Å². The zero-order valence-corrected chi connectivity index (χ0v) is 9.17. The average Bonchev–Trinajstić information content (AvgIpc) is 2.47. The lowest BCUT2D eigenvalue weighted by molar-refractivity contribution is 0.267. The van der Waals surface area contributed by atoms with Gasteiger partial charge in [-0.15, -0.1) is 0 Å². The molecule has 3 nitrogen and oxygen atoms in total. The van der Waals surface area contributed by atoms with Crippen molar-refractivity contribution in [2.24, 2.45) is 5.92 Å². The Kier molecular flexibility index (Phi) is 2.68. The second-order valence-electron chi connectivity index (χ2n) is 4.27. The molecule has 2 rings (SSSR count). The Labute approximate surface area is 89.2 Å². The maximum absolute atomic E-state index is 5.88.